The molecule has 3 N–H and O–H groups in total. The monoisotopic (exact) mass is 471 g/mol. The molecule has 1 aromatic carbocycles. The lowest BCUT2D eigenvalue weighted by Crippen LogP contribution is -2.23. The Morgan fingerprint density at radius 1 is 1.32 bits per heavy atom. The summed E-state index contributed by atoms with van der Waals surface area (Å²) in [6, 6.07) is 4.44. The van der Waals surface area contributed by atoms with Crippen molar-refractivity contribution in [1.29, 1.82) is 0 Å². The zero-order chi connectivity index (χ0) is 20.8. The largest absolute Gasteiger partial charge is 0.370 e. The van der Waals surface area contributed by atoms with Crippen molar-refractivity contribution in [3.63, 3.8) is 0 Å². The normalized spacial score (nSPS) is 12.2. The highest BCUT2D eigenvalue weighted by Gasteiger charge is 2.21. The van der Waals surface area contributed by atoms with Crippen molar-refractivity contribution < 1.29 is 14.0 Å². The molecule has 1 heterocycles. The average molecular weight is 472 g/mol. The van der Waals surface area contributed by atoms with Crippen molar-refractivity contribution in [2.75, 3.05) is 5.32 Å². The zero-order valence-electron chi connectivity index (χ0n) is 15.9. The molecular formula is C18H23BrFN5O2S. The number of aromatic nitrogens is 3. The number of thioether (sulfide) groups is 1. The van der Waals surface area contributed by atoms with Crippen molar-refractivity contribution in [2.24, 2.45) is 11.7 Å². The quantitative estimate of drug-likeness (QED) is 0.545. The second kappa shape index (κ2) is 10.0. The number of aryl methyl sites for hydroxylation is 1. The van der Waals surface area contributed by atoms with Gasteiger partial charge in [0.25, 0.3) is 0 Å². The Labute approximate surface area is 175 Å². The number of rotatable bonds is 9. The van der Waals surface area contributed by atoms with Crippen molar-refractivity contribution in [3.05, 3.63) is 34.3 Å². The van der Waals surface area contributed by atoms with Crippen LogP contribution >= 0.6 is 27.7 Å². The fourth-order valence-electron chi connectivity index (χ4n) is 2.41. The van der Waals surface area contributed by atoms with Gasteiger partial charge in [-0.05, 0) is 31.0 Å². The molecule has 2 rings (SSSR count). The van der Waals surface area contributed by atoms with E-state index in [9.17, 15) is 14.0 Å². The van der Waals surface area contributed by atoms with Crippen molar-refractivity contribution >= 4 is 45.2 Å². The van der Waals surface area contributed by atoms with Gasteiger partial charge < -0.3 is 15.6 Å². The maximum atomic E-state index is 13.9. The molecule has 10 heteroatoms. The molecule has 0 saturated heterocycles. The molecule has 1 atom stereocenters. The fraction of sp³-hybridized carbons (Fsp3) is 0.444. The molecule has 0 radical (unpaired) electrons. The van der Waals surface area contributed by atoms with Crippen LogP contribution in [0.25, 0.3) is 0 Å². The molecule has 28 heavy (non-hydrogen) atoms. The Kier molecular flexibility index (Phi) is 7.99. The zero-order valence-corrected chi connectivity index (χ0v) is 18.3. The summed E-state index contributed by atoms with van der Waals surface area (Å²) >= 11 is 4.42. The number of nitrogens with zero attached hydrogens (tertiary/aromatic N) is 3. The fourth-order valence-corrected chi connectivity index (χ4v) is 3.62. The minimum absolute atomic E-state index is 0.117. The van der Waals surface area contributed by atoms with Crippen LogP contribution in [-0.4, -0.2) is 31.8 Å². The molecule has 2 aromatic rings. The lowest BCUT2D eigenvalue weighted by Gasteiger charge is -2.15. The number of benzene rings is 1. The molecule has 1 aromatic heterocycles. The van der Waals surface area contributed by atoms with Crippen molar-refractivity contribution in [1.82, 2.24) is 14.8 Å². The number of hydrogen-bond acceptors (Lipinski definition) is 5. The number of amides is 2. The molecule has 0 saturated carbocycles. The van der Waals surface area contributed by atoms with Gasteiger partial charge in [0.15, 0.2) is 5.16 Å². The van der Waals surface area contributed by atoms with E-state index in [0.717, 1.165) is 0 Å². The van der Waals surface area contributed by atoms with Gasteiger partial charge in [-0.1, -0.05) is 41.5 Å². The van der Waals surface area contributed by atoms with E-state index >= 15 is 0 Å². The van der Waals surface area contributed by atoms with Crippen LogP contribution in [-0.2, 0) is 22.6 Å². The first-order valence-electron chi connectivity index (χ1n) is 8.80. The highest BCUT2D eigenvalue weighted by molar-refractivity contribution is 9.10. The third-order valence-electron chi connectivity index (χ3n) is 3.78. The average Bonchev–Trinajstić information content (AvgIpc) is 2.96. The van der Waals surface area contributed by atoms with Crippen LogP contribution in [0.2, 0.25) is 0 Å². The topological polar surface area (TPSA) is 103 Å². The lowest BCUT2D eigenvalue weighted by atomic mass is 10.2. The van der Waals surface area contributed by atoms with Gasteiger partial charge in [0.05, 0.1) is 10.9 Å². The molecular weight excluding hydrogens is 449 g/mol. The first-order chi connectivity index (χ1) is 13.2. The molecule has 152 valence electrons. The minimum atomic E-state index is -0.526. The van der Waals surface area contributed by atoms with E-state index in [1.807, 2.05) is 4.57 Å². The van der Waals surface area contributed by atoms with E-state index < -0.39 is 17.0 Å². The van der Waals surface area contributed by atoms with Gasteiger partial charge >= 0.3 is 0 Å². The minimum Gasteiger partial charge on any atom is -0.370 e. The Hall–Kier alpha value is -1.94. The van der Waals surface area contributed by atoms with Crippen LogP contribution in [0.5, 0.6) is 0 Å². The number of hydrogen-bond donors (Lipinski definition) is 2. The number of carbonyl (C=O) groups excluding carboxylic acids is 2. The highest BCUT2D eigenvalue weighted by atomic mass is 79.9. The van der Waals surface area contributed by atoms with Gasteiger partial charge in [-0.3, -0.25) is 9.59 Å². The highest BCUT2D eigenvalue weighted by Crippen LogP contribution is 2.26. The van der Waals surface area contributed by atoms with Gasteiger partial charge in [-0.15, -0.1) is 10.2 Å². The van der Waals surface area contributed by atoms with Gasteiger partial charge in [0, 0.05) is 23.9 Å². The van der Waals surface area contributed by atoms with Crippen LogP contribution in [0.15, 0.2) is 27.8 Å². The van der Waals surface area contributed by atoms with Gasteiger partial charge in [-0.2, -0.15) is 0 Å². The molecule has 2 amide bonds. The smallest absolute Gasteiger partial charge is 0.237 e. The molecule has 0 spiro atoms. The van der Waals surface area contributed by atoms with E-state index in [1.165, 1.54) is 23.9 Å². The number of nitrogens with one attached hydrogen (secondary N) is 1. The summed E-state index contributed by atoms with van der Waals surface area (Å²) in [6.07, 6.45) is 0.570. The summed E-state index contributed by atoms with van der Waals surface area (Å²) in [7, 11) is 0. The van der Waals surface area contributed by atoms with Crippen molar-refractivity contribution in [3.8, 4) is 0 Å². The summed E-state index contributed by atoms with van der Waals surface area (Å²) < 4.78 is 16.4. The Morgan fingerprint density at radius 3 is 2.64 bits per heavy atom. The molecule has 0 fully saturated rings. The van der Waals surface area contributed by atoms with E-state index in [0.29, 0.717) is 34.3 Å². The van der Waals surface area contributed by atoms with Crippen LogP contribution in [0.1, 0.15) is 33.0 Å². The predicted octanol–water partition coefficient (Wildman–Crippen LogP) is 3.37. The molecule has 7 nitrogen and oxygen atoms in total. The van der Waals surface area contributed by atoms with Gasteiger partial charge in [0.1, 0.15) is 11.6 Å². The van der Waals surface area contributed by atoms with Gasteiger partial charge in [-0.25, -0.2) is 4.39 Å². The predicted molar refractivity (Wildman–Crippen MR) is 110 cm³/mol. The first kappa shape index (κ1) is 22.4. The number of nitrogens with two attached hydrogens (primary N) is 1. The molecule has 1 unspecified atom stereocenters. The number of carbonyl (C=O) groups is 2. The maximum absolute atomic E-state index is 13.9. The van der Waals surface area contributed by atoms with Crippen molar-refractivity contribution in [2.45, 2.75) is 50.6 Å². The van der Waals surface area contributed by atoms with E-state index in [2.05, 4.69) is 45.3 Å². The summed E-state index contributed by atoms with van der Waals surface area (Å²) in [5.41, 5.74) is 5.34. The molecule has 0 aliphatic rings. The standard InChI is InChI=1S/C18H23BrFN5O2S/c1-10(2)9-25-16(7-6-15(21)26)23-24-18(25)28-11(3)17(27)22-14-5-4-12(19)8-13(14)20/h4-5,8,10-11H,6-7,9H2,1-3H3,(H2,21,26)(H,22,27). The Morgan fingerprint density at radius 2 is 2.04 bits per heavy atom. The third kappa shape index (κ3) is 6.30. The summed E-state index contributed by atoms with van der Waals surface area (Å²) in [6.45, 7) is 6.48. The molecule has 0 aliphatic carbocycles. The summed E-state index contributed by atoms with van der Waals surface area (Å²) in [4.78, 5) is 23.6. The number of halogens is 2. The first-order valence-corrected chi connectivity index (χ1v) is 10.5. The summed E-state index contributed by atoms with van der Waals surface area (Å²) in [5, 5.41) is 11.0. The second-order valence-electron chi connectivity index (χ2n) is 6.74. The van der Waals surface area contributed by atoms with Crippen LogP contribution in [0.3, 0.4) is 0 Å². The van der Waals surface area contributed by atoms with Crippen LogP contribution in [0, 0.1) is 11.7 Å². The van der Waals surface area contributed by atoms with E-state index in [4.69, 9.17) is 5.73 Å². The Balaban J connectivity index is 2.11. The third-order valence-corrected chi connectivity index (χ3v) is 5.35. The summed E-state index contributed by atoms with van der Waals surface area (Å²) in [5.74, 6) is -0.288. The Bertz CT molecular complexity index is 858. The van der Waals surface area contributed by atoms with Gasteiger partial charge in [0.2, 0.25) is 11.8 Å². The second-order valence-corrected chi connectivity index (χ2v) is 8.97. The number of primary amides is 1. The maximum Gasteiger partial charge on any atom is 0.237 e. The van der Waals surface area contributed by atoms with E-state index in [1.54, 1.807) is 13.0 Å². The SMILES string of the molecule is CC(C)Cn1c(CCC(N)=O)nnc1SC(C)C(=O)Nc1ccc(Br)cc1F. The lowest BCUT2D eigenvalue weighted by molar-refractivity contribution is -0.118. The van der Waals surface area contributed by atoms with Crippen LogP contribution in [0.4, 0.5) is 10.1 Å². The number of anilines is 1. The van der Waals surface area contributed by atoms with E-state index in [-0.39, 0.29) is 18.0 Å². The molecule has 0 bridgehead atoms. The van der Waals surface area contributed by atoms with Crippen LogP contribution < -0.4 is 11.1 Å². The molecule has 0 aliphatic heterocycles.